The van der Waals surface area contributed by atoms with Crippen LogP contribution < -0.4 is 14.4 Å². The highest BCUT2D eigenvalue weighted by Crippen LogP contribution is 2.38. The fourth-order valence-electron chi connectivity index (χ4n) is 5.15. The third-order valence-corrected chi connectivity index (χ3v) is 9.74. The van der Waals surface area contributed by atoms with Gasteiger partial charge < -0.3 is 15.0 Å². The van der Waals surface area contributed by atoms with Crippen molar-refractivity contribution in [2.45, 2.75) is 56.9 Å². The van der Waals surface area contributed by atoms with Gasteiger partial charge in [0.05, 0.1) is 28.3 Å². The second-order valence-electron chi connectivity index (χ2n) is 11.7. The van der Waals surface area contributed by atoms with Gasteiger partial charge in [-0.1, -0.05) is 71.8 Å². The van der Waals surface area contributed by atoms with Gasteiger partial charge in [0, 0.05) is 19.0 Å². The molecule has 1 atom stereocenters. The lowest BCUT2D eigenvalue weighted by Gasteiger charge is -2.34. The van der Waals surface area contributed by atoms with Crippen LogP contribution in [0.1, 0.15) is 36.1 Å². The third-order valence-electron chi connectivity index (χ3n) is 7.62. The molecule has 260 valence electrons. The van der Waals surface area contributed by atoms with E-state index in [1.807, 2.05) is 0 Å². The molecule has 0 aromatic heterocycles. The first kappa shape index (κ1) is 37.3. The lowest BCUT2D eigenvalue weighted by Crippen LogP contribution is -2.54. The molecule has 0 aliphatic carbocycles. The Labute approximate surface area is 289 Å². The van der Waals surface area contributed by atoms with E-state index in [0.717, 1.165) is 23.3 Å². The Morgan fingerprint density at radius 1 is 0.898 bits per heavy atom. The van der Waals surface area contributed by atoms with E-state index in [0.29, 0.717) is 21.7 Å². The van der Waals surface area contributed by atoms with Crippen molar-refractivity contribution in [3.8, 4) is 5.75 Å². The number of nitrogens with one attached hydrogen (secondary N) is 1. The van der Waals surface area contributed by atoms with Gasteiger partial charge in [0.1, 0.15) is 18.3 Å². The summed E-state index contributed by atoms with van der Waals surface area (Å²) in [6.07, 6.45) is -4.84. The van der Waals surface area contributed by atoms with Gasteiger partial charge in [-0.15, -0.1) is 0 Å². The number of alkyl halides is 3. The van der Waals surface area contributed by atoms with Crippen LogP contribution in [-0.2, 0) is 38.8 Å². The van der Waals surface area contributed by atoms with Crippen molar-refractivity contribution in [2.75, 3.05) is 18.0 Å². The van der Waals surface area contributed by atoms with E-state index in [4.69, 9.17) is 16.3 Å². The summed E-state index contributed by atoms with van der Waals surface area (Å²) in [6.45, 7) is 4.20. The van der Waals surface area contributed by atoms with Crippen molar-refractivity contribution in [1.29, 1.82) is 0 Å². The van der Waals surface area contributed by atoms with Crippen molar-refractivity contribution in [3.05, 3.63) is 124 Å². The van der Waals surface area contributed by atoms with Gasteiger partial charge in [0.15, 0.2) is 0 Å². The van der Waals surface area contributed by atoms with Crippen LogP contribution in [0.25, 0.3) is 0 Å². The standard InChI is InChI=1S/C36H37ClF3N3O5S/c1-24(2)41-35(45)33(20-26-9-6-5-7-10-26)42(22-27-11-8-12-29(19-27)48-4)34(44)23-43(49(46,47)30-16-13-25(3)14-17-30)28-15-18-32(37)31(21-28)36(38,39)40/h5-19,21,24,33H,20,22-23H2,1-4H3,(H,41,45). The van der Waals surface area contributed by atoms with Crippen LogP contribution in [0.15, 0.2) is 102 Å². The summed E-state index contributed by atoms with van der Waals surface area (Å²) in [5, 5.41) is 2.22. The van der Waals surface area contributed by atoms with E-state index < -0.39 is 56.9 Å². The van der Waals surface area contributed by atoms with Gasteiger partial charge in [-0.05, 0) is 74.4 Å². The molecule has 0 fully saturated rings. The van der Waals surface area contributed by atoms with Gasteiger partial charge in [0.25, 0.3) is 10.0 Å². The molecule has 8 nitrogen and oxygen atoms in total. The summed E-state index contributed by atoms with van der Waals surface area (Å²) in [4.78, 5) is 29.4. The predicted molar refractivity (Wildman–Crippen MR) is 183 cm³/mol. The highest BCUT2D eigenvalue weighted by atomic mass is 35.5. The molecule has 1 N–H and O–H groups in total. The Kier molecular flexibility index (Phi) is 12.0. The SMILES string of the molecule is COc1cccc(CN(C(=O)CN(c2ccc(Cl)c(C(F)(F)F)c2)S(=O)(=O)c2ccc(C)cc2)C(Cc2ccccc2)C(=O)NC(C)C)c1. The molecule has 0 saturated carbocycles. The summed E-state index contributed by atoms with van der Waals surface area (Å²) in [7, 11) is -3.15. The lowest BCUT2D eigenvalue weighted by atomic mass is 10.0. The number of hydrogen-bond acceptors (Lipinski definition) is 5. The van der Waals surface area contributed by atoms with Crippen molar-refractivity contribution in [1.82, 2.24) is 10.2 Å². The number of carbonyl (C=O) groups is 2. The minimum Gasteiger partial charge on any atom is -0.497 e. The number of nitrogens with zero attached hydrogens (tertiary/aromatic N) is 2. The number of benzene rings is 4. The highest BCUT2D eigenvalue weighted by molar-refractivity contribution is 7.92. The minimum atomic E-state index is -4.91. The number of aryl methyl sites for hydroxylation is 1. The maximum Gasteiger partial charge on any atom is 0.417 e. The second kappa shape index (κ2) is 15.8. The Bertz CT molecular complexity index is 1870. The molecule has 2 amide bonds. The molecule has 4 rings (SSSR count). The number of sulfonamides is 1. The van der Waals surface area contributed by atoms with Gasteiger partial charge in [0.2, 0.25) is 11.8 Å². The molecule has 49 heavy (non-hydrogen) atoms. The molecule has 0 radical (unpaired) electrons. The van der Waals surface area contributed by atoms with E-state index in [2.05, 4.69) is 5.32 Å². The van der Waals surface area contributed by atoms with Crippen molar-refractivity contribution >= 4 is 39.1 Å². The summed E-state index contributed by atoms with van der Waals surface area (Å²) in [6, 6.07) is 22.7. The molecular formula is C36H37ClF3N3O5S. The van der Waals surface area contributed by atoms with Gasteiger partial charge >= 0.3 is 6.18 Å². The zero-order valence-electron chi connectivity index (χ0n) is 27.4. The summed E-state index contributed by atoms with van der Waals surface area (Å²) >= 11 is 5.88. The molecule has 4 aromatic carbocycles. The van der Waals surface area contributed by atoms with Gasteiger partial charge in [-0.3, -0.25) is 13.9 Å². The van der Waals surface area contributed by atoms with E-state index >= 15 is 0 Å². The molecule has 0 heterocycles. The Morgan fingerprint density at radius 3 is 2.16 bits per heavy atom. The number of halogens is 4. The smallest absolute Gasteiger partial charge is 0.417 e. The first-order valence-corrected chi connectivity index (χ1v) is 17.1. The largest absolute Gasteiger partial charge is 0.497 e. The van der Waals surface area contributed by atoms with Crippen LogP contribution in [0.5, 0.6) is 5.75 Å². The van der Waals surface area contributed by atoms with Crippen LogP contribution in [-0.4, -0.2) is 50.9 Å². The summed E-state index contributed by atoms with van der Waals surface area (Å²) in [5.41, 5.74) is 0.346. The molecule has 1 unspecified atom stereocenters. The third kappa shape index (κ3) is 9.54. The zero-order chi connectivity index (χ0) is 35.9. The first-order valence-electron chi connectivity index (χ1n) is 15.3. The number of amides is 2. The Morgan fingerprint density at radius 2 is 1.55 bits per heavy atom. The number of ether oxygens (including phenoxy) is 1. The number of anilines is 1. The average molecular weight is 716 g/mol. The van der Waals surface area contributed by atoms with Crippen molar-refractivity contribution in [2.24, 2.45) is 0 Å². The molecule has 0 saturated heterocycles. The Hall–Kier alpha value is -4.55. The molecule has 4 aromatic rings. The first-order chi connectivity index (χ1) is 23.1. The summed E-state index contributed by atoms with van der Waals surface area (Å²) < 4.78 is 76.2. The number of hydrogen-bond donors (Lipinski definition) is 1. The van der Waals surface area contributed by atoms with Crippen molar-refractivity contribution < 1.29 is 35.9 Å². The fraction of sp³-hybridized carbons (Fsp3) is 0.278. The molecule has 0 spiro atoms. The monoisotopic (exact) mass is 715 g/mol. The second-order valence-corrected chi connectivity index (χ2v) is 14.0. The zero-order valence-corrected chi connectivity index (χ0v) is 28.9. The fourth-order valence-corrected chi connectivity index (χ4v) is 6.78. The van der Waals surface area contributed by atoms with Crippen LogP contribution in [0.2, 0.25) is 5.02 Å². The van der Waals surface area contributed by atoms with Gasteiger partial charge in [-0.2, -0.15) is 13.2 Å². The van der Waals surface area contributed by atoms with E-state index in [1.54, 1.807) is 75.4 Å². The topological polar surface area (TPSA) is 96.0 Å². The van der Waals surface area contributed by atoms with Gasteiger partial charge in [-0.25, -0.2) is 8.42 Å². The van der Waals surface area contributed by atoms with Crippen LogP contribution in [0.4, 0.5) is 18.9 Å². The number of rotatable bonds is 13. The normalized spacial score (nSPS) is 12.3. The quantitative estimate of drug-likeness (QED) is 0.160. The van der Waals surface area contributed by atoms with E-state index in [9.17, 15) is 31.2 Å². The molecule has 0 aliphatic heterocycles. The highest BCUT2D eigenvalue weighted by Gasteiger charge is 2.38. The Balaban J connectivity index is 1.88. The average Bonchev–Trinajstić information content (AvgIpc) is 3.05. The van der Waals surface area contributed by atoms with Crippen molar-refractivity contribution in [3.63, 3.8) is 0 Å². The lowest BCUT2D eigenvalue weighted by molar-refractivity contribution is -0.140. The number of methoxy groups -OCH3 is 1. The van der Waals surface area contributed by atoms with E-state index in [-0.39, 0.29) is 23.9 Å². The predicted octanol–water partition coefficient (Wildman–Crippen LogP) is 7.04. The maximum absolute atomic E-state index is 14.5. The van der Waals surface area contributed by atoms with Crippen LogP contribution >= 0.6 is 11.6 Å². The maximum atomic E-state index is 14.5. The molecule has 0 aliphatic rings. The molecule has 13 heteroatoms. The number of carbonyl (C=O) groups excluding carboxylic acids is 2. The molecule has 0 bridgehead atoms. The van der Waals surface area contributed by atoms with Crippen LogP contribution in [0.3, 0.4) is 0 Å². The molecular weight excluding hydrogens is 679 g/mol. The van der Waals surface area contributed by atoms with Crippen LogP contribution in [0, 0.1) is 6.92 Å². The van der Waals surface area contributed by atoms with E-state index in [1.165, 1.54) is 36.3 Å². The summed E-state index contributed by atoms with van der Waals surface area (Å²) in [5.74, 6) is -0.837. The minimum absolute atomic E-state index is 0.0684.